The Morgan fingerprint density at radius 1 is 1.57 bits per heavy atom. The Hall–Kier alpha value is -1.43. The first kappa shape index (κ1) is 9.14. The van der Waals surface area contributed by atoms with Crippen molar-refractivity contribution in [3.63, 3.8) is 0 Å². The Morgan fingerprint density at radius 3 is 2.93 bits per heavy atom. The first-order valence-electron chi connectivity index (χ1n) is 4.11. The summed E-state index contributed by atoms with van der Waals surface area (Å²) in [6.07, 6.45) is -0.0316. The normalized spacial score (nSPS) is 11.0. The van der Waals surface area contributed by atoms with E-state index < -0.39 is 5.97 Å². The molecule has 0 spiro atoms. The molecule has 14 heavy (non-hydrogen) atoms. The summed E-state index contributed by atoms with van der Waals surface area (Å²) in [7, 11) is 0. The number of aromatic nitrogens is 3. The number of carboxylic acids is 1. The molecule has 0 aromatic carbocycles. The van der Waals surface area contributed by atoms with Crippen molar-refractivity contribution in [2.24, 2.45) is 0 Å². The van der Waals surface area contributed by atoms with Gasteiger partial charge >= 0.3 is 5.97 Å². The molecule has 0 aliphatic heterocycles. The zero-order valence-electron chi connectivity index (χ0n) is 7.81. The molecule has 0 unspecified atom stereocenters. The maximum absolute atomic E-state index is 10.6. The number of aryl methyl sites for hydroxylation is 2. The Bertz CT molecular complexity index is 500. The maximum Gasteiger partial charge on any atom is 0.309 e. The number of aliphatic carboxylic acids is 1. The van der Waals surface area contributed by atoms with Gasteiger partial charge in [0.2, 0.25) is 4.96 Å². The third-order valence-corrected chi connectivity index (χ3v) is 2.74. The van der Waals surface area contributed by atoms with Crippen LogP contribution in [-0.2, 0) is 11.2 Å². The van der Waals surface area contributed by atoms with Crippen molar-refractivity contribution in [3.8, 4) is 0 Å². The number of carbonyl (C=O) groups is 1. The van der Waals surface area contributed by atoms with Gasteiger partial charge in [0.15, 0.2) is 0 Å². The molecule has 0 fully saturated rings. The Balaban J connectivity index is 2.59. The van der Waals surface area contributed by atoms with Gasteiger partial charge in [0.25, 0.3) is 0 Å². The molecular formula is C8H9N3O2S. The van der Waals surface area contributed by atoms with Crippen molar-refractivity contribution >= 4 is 22.3 Å². The van der Waals surface area contributed by atoms with Crippen molar-refractivity contribution < 1.29 is 9.90 Å². The highest BCUT2D eigenvalue weighted by atomic mass is 32.1. The van der Waals surface area contributed by atoms with Crippen molar-refractivity contribution in [2.75, 3.05) is 0 Å². The van der Waals surface area contributed by atoms with Crippen LogP contribution in [0.25, 0.3) is 4.96 Å². The molecule has 0 saturated carbocycles. The van der Waals surface area contributed by atoms with Crippen LogP contribution < -0.4 is 0 Å². The highest BCUT2D eigenvalue weighted by molar-refractivity contribution is 7.16. The number of nitrogens with zero attached hydrogens (tertiary/aromatic N) is 3. The highest BCUT2D eigenvalue weighted by Gasteiger charge is 2.14. The van der Waals surface area contributed by atoms with E-state index in [9.17, 15) is 4.79 Å². The lowest BCUT2D eigenvalue weighted by Gasteiger charge is -1.94. The lowest BCUT2D eigenvalue weighted by molar-refractivity contribution is -0.136. The van der Waals surface area contributed by atoms with E-state index in [0.29, 0.717) is 5.69 Å². The number of hydrogen-bond acceptors (Lipinski definition) is 4. The maximum atomic E-state index is 10.6. The summed E-state index contributed by atoms with van der Waals surface area (Å²) >= 11 is 1.46. The van der Waals surface area contributed by atoms with Crippen molar-refractivity contribution in [3.05, 3.63) is 16.4 Å². The minimum Gasteiger partial charge on any atom is -0.481 e. The van der Waals surface area contributed by atoms with E-state index >= 15 is 0 Å². The van der Waals surface area contributed by atoms with E-state index in [4.69, 9.17) is 5.11 Å². The topological polar surface area (TPSA) is 67.5 Å². The summed E-state index contributed by atoms with van der Waals surface area (Å²) < 4.78 is 1.61. The average molecular weight is 211 g/mol. The smallest absolute Gasteiger partial charge is 0.309 e. The molecule has 0 saturated heterocycles. The van der Waals surface area contributed by atoms with Crippen LogP contribution >= 0.6 is 11.3 Å². The second-order valence-electron chi connectivity index (χ2n) is 3.03. The van der Waals surface area contributed by atoms with E-state index in [1.165, 1.54) is 11.3 Å². The molecular weight excluding hydrogens is 202 g/mol. The van der Waals surface area contributed by atoms with Gasteiger partial charge in [0.05, 0.1) is 17.8 Å². The fraction of sp³-hybridized carbons (Fsp3) is 0.375. The summed E-state index contributed by atoms with van der Waals surface area (Å²) in [5.41, 5.74) is 1.41. The number of hydrogen-bond donors (Lipinski definition) is 1. The van der Waals surface area contributed by atoms with Crippen molar-refractivity contribution in [1.82, 2.24) is 14.6 Å². The van der Waals surface area contributed by atoms with Gasteiger partial charge in [-0.15, -0.1) is 0 Å². The number of imidazole rings is 1. The van der Waals surface area contributed by atoms with Gasteiger partial charge < -0.3 is 5.11 Å². The first-order valence-corrected chi connectivity index (χ1v) is 4.93. The van der Waals surface area contributed by atoms with Gasteiger partial charge in [-0.05, 0) is 13.8 Å². The Morgan fingerprint density at radius 2 is 2.29 bits per heavy atom. The SMILES string of the molecule is Cc1nn2c(CC(=O)O)c(C)nc2s1. The van der Waals surface area contributed by atoms with Crippen LogP contribution in [0, 0.1) is 13.8 Å². The summed E-state index contributed by atoms with van der Waals surface area (Å²) in [6, 6.07) is 0. The molecule has 0 amide bonds. The minimum absolute atomic E-state index is 0.0316. The van der Waals surface area contributed by atoms with E-state index in [1.807, 2.05) is 6.92 Å². The van der Waals surface area contributed by atoms with Crippen LogP contribution in [0.4, 0.5) is 0 Å². The molecule has 1 N–H and O–H groups in total. The zero-order valence-corrected chi connectivity index (χ0v) is 8.63. The fourth-order valence-electron chi connectivity index (χ4n) is 1.33. The molecule has 2 aromatic heterocycles. The Labute approximate surface area is 84.0 Å². The highest BCUT2D eigenvalue weighted by Crippen LogP contribution is 2.18. The van der Waals surface area contributed by atoms with Gasteiger partial charge in [-0.1, -0.05) is 11.3 Å². The number of rotatable bonds is 2. The molecule has 2 rings (SSSR count). The van der Waals surface area contributed by atoms with Gasteiger partial charge in [-0.2, -0.15) is 5.10 Å². The molecule has 0 aliphatic carbocycles. The van der Waals surface area contributed by atoms with Crippen LogP contribution in [0.15, 0.2) is 0 Å². The van der Waals surface area contributed by atoms with E-state index in [0.717, 1.165) is 15.7 Å². The van der Waals surface area contributed by atoms with Crippen LogP contribution in [-0.4, -0.2) is 25.7 Å². The fourth-order valence-corrected chi connectivity index (χ4v) is 2.14. The number of fused-ring (bicyclic) bond motifs is 1. The summed E-state index contributed by atoms with van der Waals surface area (Å²) in [4.78, 5) is 15.6. The largest absolute Gasteiger partial charge is 0.481 e. The molecule has 6 heteroatoms. The first-order chi connectivity index (χ1) is 6.58. The summed E-state index contributed by atoms with van der Waals surface area (Å²) in [5.74, 6) is -0.861. The third-order valence-electron chi connectivity index (χ3n) is 1.92. The standard InChI is InChI=1S/C8H9N3O2S/c1-4-6(3-7(12)13)11-8(9-4)14-5(2)10-11/h3H2,1-2H3,(H,12,13). The summed E-state index contributed by atoms with van der Waals surface area (Å²) in [6.45, 7) is 3.67. The minimum atomic E-state index is -0.861. The van der Waals surface area contributed by atoms with E-state index in [2.05, 4.69) is 10.1 Å². The quantitative estimate of drug-likeness (QED) is 0.805. The van der Waals surface area contributed by atoms with Crippen molar-refractivity contribution in [2.45, 2.75) is 20.3 Å². The third kappa shape index (κ3) is 1.37. The van der Waals surface area contributed by atoms with E-state index in [1.54, 1.807) is 11.4 Å². The molecule has 0 bridgehead atoms. The zero-order chi connectivity index (χ0) is 10.3. The van der Waals surface area contributed by atoms with Crippen LogP contribution in [0.3, 0.4) is 0 Å². The average Bonchev–Trinajstić information content (AvgIpc) is 2.51. The van der Waals surface area contributed by atoms with Gasteiger partial charge in [0.1, 0.15) is 5.01 Å². The van der Waals surface area contributed by atoms with Gasteiger partial charge in [-0.3, -0.25) is 4.79 Å². The van der Waals surface area contributed by atoms with Crippen LogP contribution in [0.1, 0.15) is 16.4 Å². The lowest BCUT2D eigenvalue weighted by atomic mass is 10.3. The summed E-state index contributed by atoms with van der Waals surface area (Å²) in [5, 5.41) is 13.8. The van der Waals surface area contributed by atoms with E-state index in [-0.39, 0.29) is 6.42 Å². The predicted octanol–water partition coefficient (Wildman–Crippen LogP) is 1.03. The molecule has 0 radical (unpaired) electrons. The van der Waals surface area contributed by atoms with Crippen LogP contribution in [0.2, 0.25) is 0 Å². The molecule has 2 aromatic rings. The monoisotopic (exact) mass is 211 g/mol. The molecule has 74 valence electrons. The van der Waals surface area contributed by atoms with Gasteiger partial charge in [0, 0.05) is 0 Å². The molecule has 5 nitrogen and oxygen atoms in total. The molecule has 0 aliphatic rings. The molecule has 0 atom stereocenters. The van der Waals surface area contributed by atoms with Crippen LogP contribution in [0.5, 0.6) is 0 Å². The second kappa shape index (κ2) is 3.06. The number of carboxylic acid groups (broad SMARTS) is 1. The predicted molar refractivity (Wildman–Crippen MR) is 51.7 cm³/mol. The lowest BCUT2D eigenvalue weighted by Crippen LogP contribution is -2.05. The van der Waals surface area contributed by atoms with Crippen molar-refractivity contribution in [1.29, 1.82) is 0 Å². The Kier molecular flexibility index (Phi) is 1.99. The van der Waals surface area contributed by atoms with Gasteiger partial charge in [-0.25, -0.2) is 9.50 Å². The molecule has 2 heterocycles. The second-order valence-corrected chi connectivity index (χ2v) is 4.19.